The molecule has 136 valence electrons. The number of Topliss-reactive ketones (excluding diaryl/α,β-unsaturated/α-hetero) is 1. The zero-order valence-corrected chi connectivity index (χ0v) is 17.4. The third kappa shape index (κ3) is 4.15. The van der Waals surface area contributed by atoms with Crippen LogP contribution < -0.4 is 0 Å². The predicted molar refractivity (Wildman–Crippen MR) is 112 cm³/mol. The Kier molecular flexibility index (Phi) is 6.09. The van der Waals surface area contributed by atoms with Crippen molar-refractivity contribution in [2.24, 2.45) is 0 Å². The first-order chi connectivity index (χ1) is 12.5. The van der Waals surface area contributed by atoms with Gasteiger partial charge in [0.05, 0.1) is 5.75 Å². The smallest absolute Gasteiger partial charge is 0.173 e. The number of thiophene rings is 1. The summed E-state index contributed by atoms with van der Waals surface area (Å²) in [6.07, 6.45) is 3.45. The van der Waals surface area contributed by atoms with E-state index in [1.807, 2.05) is 19.1 Å². The van der Waals surface area contributed by atoms with Crippen molar-refractivity contribution in [3.63, 3.8) is 0 Å². The second-order valence-corrected chi connectivity index (χ2v) is 8.72. The molecule has 0 N–H and O–H groups in total. The first kappa shape index (κ1) is 19.1. The molecule has 0 spiro atoms. The summed E-state index contributed by atoms with van der Waals surface area (Å²) >= 11 is 3.21. The molecule has 0 amide bonds. The van der Waals surface area contributed by atoms with Crippen LogP contribution in [0.3, 0.4) is 0 Å². The largest absolute Gasteiger partial charge is 0.293 e. The lowest BCUT2D eigenvalue weighted by Crippen LogP contribution is -2.03. The lowest BCUT2D eigenvalue weighted by atomic mass is 10.1. The van der Waals surface area contributed by atoms with E-state index >= 15 is 0 Å². The van der Waals surface area contributed by atoms with E-state index in [0.29, 0.717) is 5.75 Å². The molecule has 26 heavy (non-hydrogen) atoms. The van der Waals surface area contributed by atoms with Crippen LogP contribution in [0.1, 0.15) is 52.0 Å². The Labute approximate surface area is 163 Å². The van der Waals surface area contributed by atoms with Gasteiger partial charge in [0.25, 0.3) is 0 Å². The van der Waals surface area contributed by atoms with E-state index in [0.717, 1.165) is 33.1 Å². The number of unbranched alkanes of at least 4 members (excludes halogenated alkanes) is 1. The number of nitrogens with zero attached hydrogens (tertiary/aromatic N) is 2. The van der Waals surface area contributed by atoms with Gasteiger partial charge in [-0.05, 0) is 44.7 Å². The molecule has 0 unspecified atom stereocenters. The Balaban J connectivity index is 1.74. The first-order valence-electron chi connectivity index (χ1n) is 8.99. The Morgan fingerprint density at radius 2 is 1.85 bits per heavy atom. The van der Waals surface area contributed by atoms with Crippen LogP contribution in [-0.2, 0) is 6.42 Å². The van der Waals surface area contributed by atoms with Gasteiger partial charge in [0.15, 0.2) is 5.78 Å². The molecule has 3 rings (SSSR count). The summed E-state index contributed by atoms with van der Waals surface area (Å²) in [7, 11) is 0. The first-order valence-corrected chi connectivity index (χ1v) is 10.8. The summed E-state index contributed by atoms with van der Waals surface area (Å²) in [6.45, 7) is 8.31. The van der Waals surface area contributed by atoms with Gasteiger partial charge in [-0.2, -0.15) is 0 Å². The fourth-order valence-electron chi connectivity index (χ4n) is 2.87. The lowest BCUT2D eigenvalue weighted by Gasteiger charge is -2.06. The topological polar surface area (TPSA) is 42.9 Å². The molecule has 3 aromatic rings. The van der Waals surface area contributed by atoms with Gasteiger partial charge in [-0.3, -0.25) is 4.79 Å². The van der Waals surface area contributed by atoms with Crippen molar-refractivity contribution in [2.45, 2.75) is 52.0 Å². The van der Waals surface area contributed by atoms with E-state index in [-0.39, 0.29) is 5.78 Å². The number of rotatable bonds is 7. The molecule has 2 aromatic heterocycles. The molecule has 0 fully saturated rings. The van der Waals surface area contributed by atoms with E-state index in [1.165, 1.54) is 40.6 Å². The standard InChI is InChI=1S/C21H24N2OS2/c1-5-6-7-16-8-10-17(11-9-16)18(24)12-25-20-19-13(2)14(3)26-21(19)23-15(4)22-20/h8-11H,5-7,12H2,1-4H3. The maximum atomic E-state index is 12.6. The Bertz CT molecular complexity index is 929. The van der Waals surface area contributed by atoms with Crippen molar-refractivity contribution in [3.05, 3.63) is 51.7 Å². The van der Waals surface area contributed by atoms with Crippen molar-refractivity contribution in [3.8, 4) is 0 Å². The molecule has 0 radical (unpaired) electrons. The summed E-state index contributed by atoms with van der Waals surface area (Å²) in [6, 6.07) is 8.06. The van der Waals surface area contributed by atoms with Crippen LogP contribution in [-0.4, -0.2) is 21.5 Å². The number of hydrogen-bond donors (Lipinski definition) is 0. The van der Waals surface area contributed by atoms with Gasteiger partial charge in [0.2, 0.25) is 0 Å². The van der Waals surface area contributed by atoms with Crippen molar-refractivity contribution >= 4 is 39.1 Å². The molecule has 2 heterocycles. The maximum absolute atomic E-state index is 12.6. The molecular formula is C21H24N2OS2. The summed E-state index contributed by atoms with van der Waals surface area (Å²) < 4.78 is 0. The molecular weight excluding hydrogens is 360 g/mol. The molecule has 0 saturated heterocycles. The minimum absolute atomic E-state index is 0.145. The molecule has 0 aliphatic heterocycles. The van der Waals surface area contributed by atoms with Gasteiger partial charge in [-0.25, -0.2) is 9.97 Å². The lowest BCUT2D eigenvalue weighted by molar-refractivity contribution is 0.102. The SMILES string of the molecule is CCCCc1ccc(C(=O)CSc2nc(C)nc3sc(C)c(C)c23)cc1. The van der Waals surface area contributed by atoms with E-state index < -0.39 is 0 Å². The number of carbonyl (C=O) groups excluding carboxylic acids is 1. The van der Waals surface area contributed by atoms with Crippen LogP contribution in [0.4, 0.5) is 0 Å². The zero-order chi connectivity index (χ0) is 18.7. The van der Waals surface area contributed by atoms with Crippen LogP contribution in [0.25, 0.3) is 10.2 Å². The van der Waals surface area contributed by atoms with Crippen molar-refractivity contribution in [1.29, 1.82) is 0 Å². The summed E-state index contributed by atoms with van der Waals surface area (Å²) in [5.74, 6) is 1.30. The zero-order valence-electron chi connectivity index (χ0n) is 15.8. The molecule has 0 bridgehead atoms. The average molecular weight is 385 g/mol. The molecule has 0 saturated carbocycles. The minimum Gasteiger partial charge on any atom is -0.293 e. The van der Waals surface area contributed by atoms with Crippen LogP contribution >= 0.6 is 23.1 Å². The van der Waals surface area contributed by atoms with Crippen LogP contribution in [0.15, 0.2) is 29.3 Å². The van der Waals surface area contributed by atoms with E-state index in [2.05, 4.69) is 42.9 Å². The van der Waals surface area contributed by atoms with Gasteiger partial charge < -0.3 is 0 Å². The average Bonchev–Trinajstić information content (AvgIpc) is 2.91. The highest BCUT2D eigenvalue weighted by Gasteiger charge is 2.15. The fourth-order valence-corrected chi connectivity index (χ4v) is 5.04. The Hall–Kier alpha value is -1.72. The maximum Gasteiger partial charge on any atom is 0.173 e. The highest BCUT2D eigenvalue weighted by molar-refractivity contribution is 8.00. The number of aromatic nitrogens is 2. The van der Waals surface area contributed by atoms with Gasteiger partial charge >= 0.3 is 0 Å². The highest BCUT2D eigenvalue weighted by Crippen LogP contribution is 2.35. The number of fused-ring (bicyclic) bond motifs is 1. The number of carbonyl (C=O) groups is 1. The number of hydrogen-bond acceptors (Lipinski definition) is 5. The monoisotopic (exact) mass is 384 g/mol. The van der Waals surface area contributed by atoms with E-state index in [9.17, 15) is 4.79 Å². The summed E-state index contributed by atoms with van der Waals surface area (Å²) in [4.78, 5) is 24.0. The molecule has 1 aromatic carbocycles. The quantitative estimate of drug-likeness (QED) is 0.287. The van der Waals surface area contributed by atoms with Gasteiger partial charge in [0.1, 0.15) is 15.7 Å². The second kappa shape index (κ2) is 8.31. The molecule has 0 aliphatic carbocycles. The van der Waals surface area contributed by atoms with Crippen molar-refractivity contribution in [1.82, 2.24) is 9.97 Å². The summed E-state index contributed by atoms with van der Waals surface area (Å²) in [5.41, 5.74) is 3.30. The number of benzene rings is 1. The van der Waals surface area contributed by atoms with Crippen LogP contribution in [0.5, 0.6) is 0 Å². The third-order valence-electron chi connectivity index (χ3n) is 4.54. The van der Waals surface area contributed by atoms with Crippen LogP contribution in [0, 0.1) is 20.8 Å². The Morgan fingerprint density at radius 1 is 1.12 bits per heavy atom. The molecule has 3 nitrogen and oxygen atoms in total. The number of aryl methyl sites for hydroxylation is 4. The fraction of sp³-hybridized carbons (Fsp3) is 0.381. The van der Waals surface area contributed by atoms with Crippen LogP contribution in [0.2, 0.25) is 0 Å². The number of ketones is 1. The predicted octanol–water partition coefficient (Wildman–Crippen LogP) is 5.93. The second-order valence-electron chi connectivity index (χ2n) is 6.55. The Morgan fingerprint density at radius 3 is 2.54 bits per heavy atom. The van der Waals surface area contributed by atoms with E-state index in [4.69, 9.17) is 0 Å². The molecule has 0 aliphatic rings. The van der Waals surface area contributed by atoms with E-state index in [1.54, 1.807) is 11.3 Å². The molecule has 5 heteroatoms. The van der Waals surface area contributed by atoms with Crippen molar-refractivity contribution < 1.29 is 4.79 Å². The molecule has 0 atom stereocenters. The normalized spacial score (nSPS) is 11.2. The summed E-state index contributed by atoms with van der Waals surface area (Å²) in [5, 5.41) is 2.02. The van der Waals surface area contributed by atoms with Crippen molar-refractivity contribution in [2.75, 3.05) is 5.75 Å². The van der Waals surface area contributed by atoms with Gasteiger partial charge in [-0.1, -0.05) is 49.4 Å². The van der Waals surface area contributed by atoms with Gasteiger partial charge in [-0.15, -0.1) is 11.3 Å². The third-order valence-corrected chi connectivity index (χ3v) is 6.62. The van der Waals surface area contributed by atoms with Gasteiger partial charge in [0, 0.05) is 15.8 Å². The highest BCUT2D eigenvalue weighted by atomic mass is 32.2. The number of thioether (sulfide) groups is 1. The minimum atomic E-state index is 0.145.